The second kappa shape index (κ2) is 11.8. The van der Waals surface area contributed by atoms with Crippen LogP contribution in [0.1, 0.15) is 40.6 Å². The van der Waals surface area contributed by atoms with Crippen molar-refractivity contribution in [2.24, 2.45) is 7.05 Å². The van der Waals surface area contributed by atoms with Gasteiger partial charge < -0.3 is 19.5 Å². The van der Waals surface area contributed by atoms with E-state index in [1.807, 2.05) is 12.1 Å². The maximum atomic E-state index is 14.2. The molecule has 2 aliphatic heterocycles. The summed E-state index contributed by atoms with van der Waals surface area (Å²) >= 11 is 0. The molecule has 228 valence electrons. The highest BCUT2D eigenvalue weighted by atomic mass is 32.2. The van der Waals surface area contributed by atoms with Crippen LogP contribution in [0, 0.1) is 5.82 Å². The molecule has 1 fully saturated rings. The van der Waals surface area contributed by atoms with E-state index in [0.29, 0.717) is 27.5 Å². The quantitative estimate of drug-likeness (QED) is 0.305. The Balaban J connectivity index is 1.41. The number of fused-ring (bicyclic) bond motifs is 2. The first kappa shape index (κ1) is 29.5. The highest BCUT2D eigenvalue weighted by Crippen LogP contribution is 2.32. The number of halogens is 1. The topological polar surface area (TPSA) is 131 Å². The third kappa shape index (κ3) is 5.44. The van der Waals surface area contributed by atoms with Gasteiger partial charge in [0.05, 0.1) is 22.7 Å². The molecule has 3 aromatic carbocycles. The van der Waals surface area contributed by atoms with E-state index in [4.69, 9.17) is 9.72 Å². The number of hydrogen-bond acceptors (Lipinski definition) is 7. The summed E-state index contributed by atoms with van der Waals surface area (Å²) in [5.41, 5.74) is 1.74. The Bertz CT molecular complexity index is 1850. The van der Waals surface area contributed by atoms with Gasteiger partial charge in [-0.15, -0.1) is 0 Å². The Labute approximate surface area is 253 Å². The van der Waals surface area contributed by atoms with Gasteiger partial charge in [-0.3, -0.25) is 14.4 Å². The molecule has 1 saturated heterocycles. The van der Waals surface area contributed by atoms with E-state index in [0.717, 1.165) is 12.8 Å². The Morgan fingerprint density at radius 2 is 1.82 bits per heavy atom. The average Bonchev–Trinajstić information content (AvgIpc) is 3.71. The molecule has 6 rings (SSSR count). The Morgan fingerprint density at radius 1 is 1.09 bits per heavy atom. The monoisotopic (exact) mass is 619 g/mol. The molecule has 0 bridgehead atoms. The van der Waals surface area contributed by atoms with E-state index in [2.05, 4.69) is 5.32 Å². The fourth-order valence-corrected chi connectivity index (χ4v) is 7.15. The van der Waals surface area contributed by atoms with Crippen molar-refractivity contribution in [3.8, 4) is 0 Å². The van der Waals surface area contributed by atoms with Gasteiger partial charge in [0.15, 0.2) is 6.04 Å². The smallest absolute Gasteiger partial charge is 0.269 e. The van der Waals surface area contributed by atoms with Crippen molar-refractivity contribution in [2.75, 3.05) is 19.7 Å². The van der Waals surface area contributed by atoms with E-state index >= 15 is 0 Å². The van der Waals surface area contributed by atoms with E-state index in [9.17, 15) is 27.2 Å². The van der Waals surface area contributed by atoms with E-state index in [1.165, 1.54) is 47.4 Å². The van der Waals surface area contributed by atoms with Crippen LogP contribution >= 0.6 is 0 Å². The number of aromatic nitrogens is 2. The standard InChI is InChI=1S/C31H30FN5O6S/c1-35-25-10-4-3-9-24(25)34-29(35)28(30(39)33-17-22-7-6-16-43-22)36(18-20-12-14-21(32)15-13-20)27(38)19-37-31(40)23-8-2-5-11-26(23)44(37,41)42/h2-5,8-15,22,28H,6-7,16-19H2,1H3,(H,33,39). The minimum atomic E-state index is -4.31. The lowest BCUT2D eigenvalue weighted by Crippen LogP contribution is -2.49. The molecule has 2 atom stereocenters. The molecule has 2 aliphatic rings. The molecule has 4 aromatic rings. The lowest BCUT2D eigenvalue weighted by molar-refractivity contribution is -0.142. The molecule has 0 radical (unpaired) electrons. The fourth-order valence-electron chi connectivity index (χ4n) is 5.63. The van der Waals surface area contributed by atoms with Crippen LogP contribution in [-0.4, -0.2) is 70.7 Å². The first-order valence-corrected chi connectivity index (χ1v) is 15.6. The molecule has 0 spiro atoms. The van der Waals surface area contributed by atoms with Crippen LogP contribution in [0.4, 0.5) is 4.39 Å². The maximum absolute atomic E-state index is 14.2. The number of carbonyl (C=O) groups excluding carboxylic acids is 3. The minimum Gasteiger partial charge on any atom is -0.376 e. The van der Waals surface area contributed by atoms with Crippen LogP contribution in [0.25, 0.3) is 11.0 Å². The van der Waals surface area contributed by atoms with Gasteiger partial charge in [0.1, 0.15) is 23.1 Å². The molecule has 3 amide bonds. The van der Waals surface area contributed by atoms with Crippen LogP contribution in [-0.2, 0) is 37.9 Å². The molecule has 44 heavy (non-hydrogen) atoms. The number of para-hydroxylation sites is 2. The highest BCUT2D eigenvalue weighted by Gasteiger charge is 2.44. The summed E-state index contributed by atoms with van der Waals surface area (Å²) in [5.74, 6) is -2.47. The predicted molar refractivity (Wildman–Crippen MR) is 157 cm³/mol. The number of benzene rings is 3. The lowest BCUT2D eigenvalue weighted by Gasteiger charge is -2.32. The van der Waals surface area contributed by atoms with Crippen molar-refractivity contribution in [1.29, 1.82) is 0 Å². The van der Waals surface area contributed by atoms with E-state index in [-0.39, 0.29) is 35.5 Å². The molecular formula is C31H30FN5O6S. The van der Waals surface area contributed by atoms with Gasteiger partial charge in [0, 0.05) is 26.7 Å². The summed E-state index contributed by atoms with van der Waals surface area (Å²) in [5, 5.41) is 2.89. The minimum absolute atomic E-state index is 0.0356. The van der Waals surface area contributed by atoms with E-state index < -0.39 is 46.1 Å². The first-order valence-electron chi connectivity index (χ1n) is 14.2. The second-order valence-corrected chi connectivity index (χ2v) is 12.6. The number of carbonyl (C=O) groups is 3. The highest BCUT2D eigenvalue weighted by molar-refractivity contribution is 7.90. The van der Waals surface area contributed by atoms with Gasteiger partial charge in [-0.25, -0.2) is 22.1 Å². The van der Waals surface area contributed by atoms with Crippen molar-refractivity contribution in [3.05, 3.63) is 95.6 Å². The summed E-state index contributed by atoms with van der Waals surface area (Å²) < 4.78 is 48.3. The van der Waals surface area contributed by atoms with Crippen molar-refractivity contribution in [3.63, 3.8) is 0 Å². The molecule has 13 heteroatoms. The summed E-state index contributed by atoms with van der Waals surface area (Å²) in [6.45, 7) is -0.261. The number of sulfonamides is 1. The number of imidazole rings is 1. The van der Waals surface area contributed by atoms with E-state index in [1.54, 1.807) is 29.8 Å². The fraction of sp³-hybridized carbons (Fsp3) is 0.290. The zero-order valence-electron chi connectivity index (χ0n) is 23.9. The van der Waals surface area contributed by atoms with Gasteiger partial charge in [-0.05, 0) is 54.8 Å². The van der Waals surface area contributed by atoms with Crippen LogP contribution in [0.3, 0.4) is 0 Å². The summed E-state index contributed by atoms with van der Waals surface area (Å²) in [6.07, 6.45) is 1.45. The van der Waals surface area contributed by atoms with Crippen LogP contribution in [0.5, 0.6) is 0 Å². The third-order valence-electron chi connectivity index (χ3n) is 7.93. The van der Waals surface area contributed by atoms with Crippen LogP contribution < -0.4 is 5.32 Å². The molecule has 0 aliphatic carbocycles. The largest absolute Gasteiger partial charge is 0.376 e. The number of amides is 3. The van der Waals surface area contributed by atoms with Crippen molar-refractivity contribution < 1.29 is 31.9 Å². The normalized spacial score (nSPS) is 17.9. The summed E-state index contributed by atoms with van der Waals surface area (Å²) in [6, 6.07) is 17.0. The van der Waals surface area contributed by atoms with Gasteiger partial charge in [-0.1, -0.05) is 36.4 Å². The molecule has 2 unspecified atom stereocenters. The van der Waals surface area contributed by atoms with Gasteiger partial charge in [0.25, 0.3) is 21.8 Å². The summed E-state index contributed by atoms with van der Waals surface area (Å²) in [4.78, 5) is 47.1. The third-order valence-corrected chi connectivity index (χ3v) is 9.72. The zero-order valence-corrected chi connectivity index (χ0v) is 24.7. The molecular weight excluding hydrogens is 589 g/mol. The second-order valence-electron chi connectivity index (χ2n) is 10.8. The Morgan fingerprint density at radius 3 is 2.52 bits per heavy atom. The number of hydrogen-bond donors (Lipinski definition) is 1. The molecule has 11 nitrogen and oxygen atoms in total. The zero-order chi connectivity index (χ0) is 31.0. The first-order chi connectivity index (χ1) is 21.1. The van der Waals surface area contributed by atoms with Gasteiger partial charge >= 0.3 is 0 Å². The Hall–Kier alpha value is -4.62. The SMILES string of the molecule is Cn1c(C(C(=O)NCC2CCCO2)N(Cc2ccc(F)cc2)C(=O)CN2C(=O)c3ccccc3S2(=O)=O)nc2ccccc21. The number of aryl methyl sites for hydroxylation is 1. The number of nitrogens with one attached hydrogen (secondary N) is 1. The van der Waals surface area contributed by atoms with Crippen molar-refractivity contribution in [2.45, 2.75) is 36.4 Å². The molecule has 1 N–H and O–H groups in total. The van der Waals surface area contributed by atoms with Crippen LogP contribution in [0.15, 0.2) is 77.7 Å². The van der Waals surface area contributed by atoms with Crippen molar-refractivity contribution in [1.82, 2.24) is 24.1 Å². The number of rotatable bonds is 9. The lowest BCUT2D eigenvalue weighted by atomic mass is 10.1. The number of ether oxygens (including phenoxy) is 1. The van der Waals surface area contributed by atoms with Gasteiger partial charge in [-0.2, -0.15) is 0 Å². The average molecular weight is 620 g/mol. The molecule has 1 aromatic heterocycles. The number of nitrogens with zero attached hydrogens (tertiary/aromatic N) is 4. The predicted octanol–water partition coefficient (Wildman–Crippen LogP) is 2.92. The van der Waals surface area contributed by atoms with Gasteiger partial charge in [0.2, 0.25) is 5.91 Å². The van der Waals surface area contributed by atoms with Crippen LogP contribution in [0.2, 0.25) is 0 Å². The maximum Gasteiger partial charge on any atom is 0.269 e. The van der Waals surface area contributed by atoms with Crippen molar-refractivity contribution >= 4 is 38.8 Å². The molecule has 0 saturated carbocycles. The summed E-state index contributed by atoms with van der Waals surface area (Å²) in [7, 11) is -2.60. The molecule has 3 heterocycles. The Kier molecular flexibility index (Phi) is 7.91.